The Labute approximate surface area is 215 Å². The van der Waals surface area contributed by atoms with Crippen molar-refractivity contribution in [2.45, 2.75) is 38.7 Å². The van der Waals surface area contributed by atoms with Gasteiger partial charge in [0.2, 0.25) is 0 Å². The Hall–Kier alpha value is -4.11. The van der Waals surface area contributed by atoms with Gasteiger partial charge in [0.25, 0.3) is 0 Å². The fourth-order valence-corrected chi connectivity index (χ4v) is 5.32. The number of fused-ring (bicyclic) bond motifs is 1. The first-order valence-electron chi connectivity index (χ1n) is 11.4. The highest BCUT2D eigenvalue weighted by atomic mass is 32.2. The number of aromatic carboxylic acids is 1. The maximum Gasteiger partial charge on any atom is 0.342 e. The highest BCUT2D eigenvalue weighted by molar-refractivity contribution is 7.87. The van der Waals surface area contributed by atoms with Crippen LogP contribution in [0, 0.1) is 20.8 Å². The molecule has 0 bridgehead atoms. The second-order valence-electron chi connectivity index (χ2n) is 8.69. The van der Waals surface area contributed by atoms with E-state index in [0.717, 1.165) is 11.1 Å². The fraction of sp³-hybridized carbons (Fsp3) is 0.214. The van der Waals surface area contributed by atoms with Crippen LogP contribution < -0.4 is 8.92 Å². The molecule has 0 unspecified atom stereocenters. The molecule has 0 spiro atoms. The summed E-state index contributed by atoms with van der Waals surface area (Å²) in [4.78, 5) is 24.3. The molecule has 1 aliphatic heterocycles. The van der Waals surface area contributed by atoms with Gasteiger partial charge in [-0.15, -0.1) is 0 Å². The molecule has 8 nitrogen and oxygen atoms in total. The van der Waals surface area contributed by atoms with Gasteiger partial charge < -0.3 is 18.8 Å². The highest BCUT2D eigenvalue weighted by Gasteiger charge is 2.35. The van der Waals surface area contributed by atoms with Crippen molar-refractivity contribution in [3.8, 4) is 11.5 Å². The standard InChI is InChI=1S/C28H26O8S/c1-16-11-13-19(14-12-16)37(32,33)36-26-22(25(34-4)18(3)23-15-35-28(31)24(23)26)10-6-8-20-17(2)7-5-9-21(20)27(29)30/h5-9,11-14H,10,15H2,1-4H3,(H,29,30). The lowest BCUT2D eigenvalue weighted by Gasteiger charge is -2.19. The number of carbonyl (C=O) groups is 2. The zero-order valence-corrected chi connectivity index (χ0v) is 21.6. The van der Waals surface area contributed by atoms with Gasteiger partial charge in [-0.3, -0.25) is 0 Å². The number of methoxy groups -OCH3 is 1. The van der Waals surface area contributed by atoms with Crippen LogP contribution in [0.1, 0.15) is 54.1 Å². The van der Waals surface area contributed by atoms with Crippen LogP contribution >= 0.6 is 0 Å². The summed E-state index contributed by atoms with van der Waals surface area (Å²) in [5.41, 5.74) is 3.79. The van der Waals surface area contributed by atoms with Crippen LogP contribution in [-0.2, 0) is 27.9 Å². The molecule has 3 aromatic rings. The van der Waals surface area contributed by atoms with E-state index in [0.29, 0.717) is 28.0 Å². The number of hydrogen-bond donors (Lipinski definition) is 1. The molecular weight excluding hydrogens is 496 g/mol. The zero-order chi connectivity index (χ0) is 26.9. The van der Waals surface area contributed by atoms with E-state index < -0.39 is 22.1 Å². The van der Waals surface area contributed by atoms with Gasteiger partial charge in [0, 0.05) is 11.1 Å². The third-order valence-corrected chi connectivity index (χ3v) is 7.53. The summed E-state index contributed by atoms with van der Waals surface area (Å²) in [6, 6.07) is 11.1. The molecule has 1 aliphatic rings. The Kier molecular flexibility index (Phi) is 7.09. The molecule has 37 heavy (non-hydrogen) atoms. The number of cyclic esters (lactones) is 1. The Morgan fingerprint density at radius 2 is 1.78 bits per heavy atom. The number of carbonyl (C=O) groups excluding carboxylic acids is 1. The Morgan fingerprint density at radius 3 is 2.43 bits per heavy atom. The molecule has 1 N–H and O–H groups in total. The van der Waals surface area contributed by atoms with Gasteiger partial charge in [-0.1, -0.05) is 42.0 Å². The first kappa shape index (κ1) is 26.0. The molecule has 0 radical (unpaired) electrons. The number of carboxylic acids is 1. The lowest BCUT2D eigenvalue weighted by molar-refractivity contribution is 0.0533. The van der Waals surface area contributed by atoms with Crippen LogP contribution in [0.2, 0.25) is 0 Å². The maximum atomic E-state index is 13.2. The summed E-state index contributed by atoms with van der Waals surface area (Å²) >= 11 is 0. The number of hydrogen-bond acceptors (Lipinski definition) is 7. The van der Waals surface area contributed by atoms with Gasteiger partial charge in [-0.2, -0.15) is 8.42 Å². The van der Waals surface area contributed by atoms with E-state index in [9.17, 15) is 23.1 Å². The number of allylic oxidation sites excluding steroid dienone is 1. The largest absolute Gasteiger partial charge is 0.496 e. The van der Waals surface area contributed by atoms with Crippen molar-refractivity contribution >= 4 is 28.1 Å². The molecule has 0 aromatic heterocycles. The van der Waals surface area contributed by atoms with Crippen molar-refractivity contribution in [1.29, 1.82) is 0 Å². The Balaban J connectivity index is 1.85. The maximum absolute atomic E-state index is 13.2. The predicted octanol–water partition coefficient (Wildman–Crippen LogP) is 5.01. The van der Waals surface area contributed by atoms with E-state index in [1.807, 2.05) is 6.92 Å². The topological polar surface area (TPSA) is 116 Å². The number of esters is 1. The van der Waals surface area contributed by atoms with Gasteiger partial charge in [0.15, 0.2) is 5.75 Å². The fourth-order valence-electron chi connectivity index (χ4n) is 4.35. The summed E-state index contributed by atoms with van der Waals surface area (Å²) in [5, 5.41) is 9.57. The van der Waals surface area contributed by atoms with E-state index in [4.69, 9.17) is 13.7 Å². The second kappa shape index (κ2) is 10.1. The van der Waals surface area contributed by atoms with Gasteiger partial charge in [0.05, 0.1) is 12.7 Å². The molecule has 0 saturated carbocycles. The van der Waals surface area contributed by atoms with Gasteiger partial charge in [0.1, 0.15) is 22.8 Å². The molecule has 3 aromatic carbocycles. The molecule has 0 atom stereocenters. The highest BCUT2D eigenvalue weighted by Crippen LogP contribution is 2.43. The first-order chi connectivity index (χ1) is 17.5. The number of rotatable bonds is 8. The van der Waals surface area contributed by atoms with Gasteiger partial charge >= 0.3 is 22.1 Å². The van der Waals surface area contributed by atoms with Crippen LogP contribution in [-0.4, -0.2) is 32.6 Å². The number of carboxylic acid groups (broad SMARTS) is 1. The zero-order valence-electron chi connectivity index (χ0n) is 20.8. The summed E-state index contributed by atoms with van der Waals surface area (Å²) in [5.74, 6) is -1.55. The van der Waals surface area contributed by atoms with E-state index >= 15 is 0 Å². The normalized spacial score (nSPS) is 12.9. The van der Waals surface area contributed by atoms with E-state index in [1.54, 1.807) is 50.3 Å². The average Bonchev–Trinajstić information content (AvgIpc) is 3.24. The molecule has 0 amide bonds. The van der Waals surface area contributed by atoms with Crippen LogP contribution in [0.4, 0.5) is 0 Å². The Bertz CT molecular complexity index is 1530. The summed E-state index contributed by atoms with van der Waals surface area (Å²) in [6.07, 6.45) is 3.43. The van der Waals surface area contributed by atoms with Crippen molar-refractivity contribution in [3.05, 3.63) is 93.0 Å². The monoisotopic (exact) mass is 522 g/mol. The third-order valence-electron chi connectivity index (χ3n) is 6.29. The van der Waals surface area contributed by atoms with Crippen molar-refractivity contribution in [1.82, 2.24) is 0 Å². The lowest BCUT2D eigenvalue weighted by Crippen LogP contribution is -2.15. The van der Waals surface area contributed by atoms with Crippen LogP contribution in [0.15, 0.2) is 53.4 Å². The van der Waals surface area contributed by atoms with Crippen LogP contribution in [0.25, 0.3) is 6.08 Å². The van der Waals surface area contributed by atoms with Crippen molar-refractivity contribution < 1.29 is 36.8 Å². The van der Waals surface area contributed by atoms with E-state index in [2.05, 4.69) is 0 Å². The summed E-state index contributed by atoms with van der Waals surface area (Å²) in [7, 11) is -2.86. The summed E-state index contributed by atoms with van der Waals surface area (Å²) < 4.78 is 42.9. The minimum Gasteiger partial charge on any atom is -0.496 e. The SMILES string of the molecule is COc1c(C)c2c(c(OS(=O)(=O)c3ccc(C)cc3)c1CC=Cc1c(C)cccc1C(=O)O)C(=O)OC2. The van der Waals surface area contributed by atoms with E-state index in [1.165, 1.54) is 25.3 Å². The molecule has 0 saturated heterocycles. The molecule has 0 aliphatic carbocycles. The average molecular weight is 523 g/mol. The molecule has 0 fully saturated rings. The van der Waals surface area contributed by atoms with E-state index in [-0.39, 0.29) is 34.8 Å². The number of benzene rings is 3. The van der Waals surface area contributed by atoms with Crippen LogP contribution in [0.3, 0.4) is 0 Å². The third kappa shape index (κ3) is 4.95. The second-order valence-corrected chi connectivity index (χ2v) is 10.2. The molecule has 192 valence electrons. The van der Waals surface area contributed by atoms with Gasteiger partial charge in [-0.25, -0.2) is 9.59 Å². The smallest absolute Gasteiger partial charge is 0.342 e. The van der Waals surface area contributed by atoms with Crippen molar-refractivity contribution in [2.75, 3.05) is 7.11 Å². The Morgan fingerprint density at radius 1 is 1.08 bits per heavy atom. The number of aryl methyl sites for hydroxylation is 2. The number of ether oxygens (including phenoxy) is 2. The van der Waals surface area contributed by atoms with Crippen molar-refractivity contribution in [3.63, 3.8) is 0 Å². The lowest BCUT2D eigenvalue weighted by atomic mass is 9.94. The van der Waals surface area contributed by atoms with Crippen LogP contribution in [0.5, 0.6) is 11.5 Å². The van der Waals surface area contributed by atoms with Gasteiger partial charge in [-0.05, 0) is 62.1 Å². The molecule has 9 heteroatoms. The summed E-state index contributed by atoms with van der Waals surface area (Å²) in [6.45, 7) is 5.36. The van der Waals surface area contributed by atoms with Crippen molar-refractivity contribution in [2.24, 2.45) is 0 Å². The quantitative estimate of drug-likeness (QED) is 0.324. The molecule has 4 rings (SSSR count). The molecular formula is C28H26O8S. The minimum absolute atomic E-state index is 0.0292. The minimum atomic E-state index is -4.30. The first-order valence-corrected chi connectivity index (χ1v) is 12.9. The molecule has 1 heterocycles. The predicted molar refractivity (Wildman–Crippen MR) is 137 cm³/mol.